The zero-order valence-corrected chi connectivity index (χ0v) is 18.2. The summed E-state index contributed by atoms with van der Waals surface area (Å²) in [6, 6.07) is 7.68. The Balaban J connectivity index is 1.31. The van der Waals surface area contributed by atoms with Gasteiger partial charge in [-0.3, -0.25) is 9.59 Å². The molecule has 1 aromatic rings. The van der Waals surface area contributed by atoms with E-state index in [-0.39, 0.29) is 17.7 Å². The van der Waals surface area contributed by atoms with Crippen molar-refractivity contribution in [2.45, 2.75) is 63.5 Å². The van der Waals surface area contributed by atoms with Gasteiger partial charge in [-0.1, -0.05) is 36.5 Å². The molecule has 1 amide bonds. The molecule has 2 aliphatic heterocycles. The van der Waals surface area contributed by atoms with Gasteiger partial charge in [-0.25, -0.2) is 0 Å². The van der Waals surface area contributed by atoms with Crippen LogP contribution in [-0.2, 0) is 27.2 Å². The van der Waals surface area contributed by atoms with Gasteiger partial charge in [-0.15, -0.1) is 0 Å². The van der Waals surface area contributed by atoms with Gasteiger partial charge >= 0.3 is 0 Å². The number of benzene rings is 1. The fraction of sp³-hybridized carbons (Fsp3) is 0.583. The molecule has 4 atom stereocenters. The molecule has 1 unspecified atom stereocenters. The summed E-state index contributed by atoms with van der Waals surface area (Å²) in [5.74, 6) is 0.0114. The van der Waals surface area contributed by atoms with E-state index in [9.17, 15) is 14.4 Å². The summed E-state index contributed by atoms with van der Waals surface area (Å²) >= 11 is 5.44. The predicted octanol–water partition coefficient (Wildman–Crippen LogP) is 2.68. The van der Waals surface area contributed by atoms with Crippen LogP contribution in [0.2, 0.25) is 0 Å². The van der Waals surface area contributed by atoms with Gasteiger partial charge in [0.25, 0.3) is 0 Å². The zero-order chi connectivity index (χ0) is 21.1. The maximum atomic E-state index is 13.0. The van der Waals surface area contributed by atoms with Gasteiger partial charge in [0.2, 0.25) is 5.91 Å². The van der Waals surface area contributed by atoms with Gasteiger partial charge in [0.1, 0.15) is 18.1 Å². The standard InChI is InChI=1S/C24H30N2O3S/c27-15-19-8-4-12-26(19)24(29)23-22(21(30)14-25-23)20(28)9-3-5-16-10-11-17-6-1-2-7-18(17)13-16/h1-2,6-7,15-16,19,22-23,25H,3-5,8-14H2/t16-,19-,22?,23-/m0/s1. The Morgan fingerprint density at radius 3 is 2.80 bits per heavy atom. The highest BCUT2D eigenvalue weighted by Crippen LogP contribution is 2.29. The molecule has 160 valence electrons. The molecular weight excluding hydrogens is 396 g/mol. The molecule has 6 heteroatoms. The van der Waals surface area contributed by atoms with E-state index >= 15 is 0 Å². The summed E-state index contributed by atoms with van der Waals surface area (Å²) in [6.07, 6.45) is 8.11. The molecule has 1 aliphatic carbocycles. The normalized spacial score (nSPS) is 28.4. The number of nitrogens with zero attached hydrogens (tertiary/aromatic N) is 1. The number of ketones is 1. The van der Waals surface area contributed by atoms with Gasteiger partial charge in [0.05, 0.1) is 12.0 Å². The third-order valence-electron chi connectivity index (χ3n) is 7.01. The van der Waals surface area contributed by atoms with Gasteiger partial charge < -0.3 is 15.0 Å². The van der Waals surface area contributed by atoms with E-state index in [1.165, 1.54) is 17.5 Å². The third kappa shape index (κ3) is 4.40. The lowest BCUT2D eigenvalue weighted by atomic mass is 9.81. The minimum absolute atomic E-state index is 0.0707. The van der Waals surface area contributed by atoms with Crippen LogP contribution in [0.3, 0.4) is 0 Å². The van der Waals surface area contributed by atoms with Gasteiger partial charge in [0.15, 0.2) is 0 Å². The van der Waals surface area contributed by atoms with E-state index in [1.54, 1.807) is 4.90 Å². The Kier molecular flexibility index (Phi) is 6.74. The first-order valence-corrected chi connectivity index (χ1v) is 11.6. The van der Waals surface area contributed by atoms with Crippen molar-refractivity contribution in [2.24, 2.45) is 11.8 Å². The van der Waals surface area contributed by atoms with Crippen LogP contribution in [0.1, 0.15) is 49.7 Å². The SMILES string of the molecule is O=C[C@@H]1CCCN1C(=O)[C@H]1NCC(=S)C1C(=O)CCC[C@H]1CCc2ccccc2C1. The van der Waals surface area contributed by atoms with Gasteiger partial charge in [-0.05, 0) is 62.0 Å². The molecule has 1 aromatic carbocycles. The number of carbonyl (C=O) groups excluding carboxylic acids is 3. The second-order valence-corrected chi connectivity index (χ2v) is 9.44. The third-order valence-corrected chi connectivity index (χ3v) is 7.41. The van der Waals surface area contributed by atoms with Crippen LogP contribution in [0.15, 0.2) is 24.3 Å². The zero-order valence-electron chi connectivity index (χ0n) is 17.3. The Morgan fingerprint density at radius 2 is 2.00 bits per heavy atom. The van der Waals surface area contributed by atoms with E-state index < -0.39 is 12.0 Å². The molecule has 0 spiro atoms. The lowest BCUT2D eigenvalue weighted by Crippen LogP contribution is -2.50. The summed E-state index contributed by atoms with van der Waals surface area (Å²) in [5, 5.41) is 3.14. The highest BCUT2D eigenvalue weighted by Gasteiger charge is 2.44. The van der Waals surface area contributed by atoms with Crippen LogP contribution >= 0.6 is 12.2 Å². The topological polar surface area (TPSA) is 66.5 Å². The number of Topliss-reactive ketones (excluding diaryl/α,β-unsaturated/α-hetero) is 1. The Morgan fingerprint density at radius 1 is 1.20 bits per heavy atom. The largest absolute Gasteiger partial charge is 0.332 e. The Hall–Kier alpha value is -1.92. The van der Waals surface area contributed by atoms with Crippen LogP contribution in [0, 0.1) is 11.8 Å². The summed E-state index contributed by atoms with van der Waals surface area (Å²) in [6.45, 7) is 0.998. The van der Waals surface area contributed by atoms with E-state index in [1.807, 2.05) is 0 Å². The monoisotopic (exact) mass is 426 g/mol. The maximum Gasteiger partial charge on any atom is 0.241 e. The molecule has 3 aliphatic rings. The quantitative estimate of drug-likeness (QED) is 0.536. The number of aldehydes is 1. The fourth-order valence-corrected chi connectivity index (χ4v) is 5.70. The molecule has 1 N–H and O–H groups in total. The minimum Gasteiger partial charge on any atom is -0.332 e. The average Bonchev–Trinajstić information content (AvgIpc) is 3.39. The van der Waals surface area contributed by atoms with Crippen molar-refractivity contribution in [1.29, 1.82) is 0 Å². The summed E-state index contributed by atoms with van der Waals surface area (Å²) in [7, 11) is 0. The van der Waals surface area contributed by atoms with Crippen LogP contribution in [0.5, 0.6) is 0 Å². The summed E-state index contributed by atoms with van der Waals surface area (Å²) in [5.41, 5.74) is 2.91. The molecule has 0 aromatic heterocycles. The first kappa shape index (κ1) is 21.3. The number of nitrogens with one attached hydrogen (secondary N) is 1. The molecule has 2 fully saturated rings. The van der Waals surface area contributed by atoms with Crippen molar-refractivity contribution in [2.75, 3.05) is 13.1 Å². The predicted molar refractivity (Wildman–Crippen MR) is 119 cm³/mol. The molecule has 2 saturated heterocycles. The number of hydrogen-bond donors (Lipinski definition) is 1. The first-order chi connectivity index (χ1) is 14.6. The second-order valence-electron chi connectivity index (χ2n) is 8.92. The lowest BCUT2D eigenvalue weighted by molar-refractivity contribution is -0.138. The molecule has 4 rings (SSSR count). The number of fused-ring (bicyclic) bond motifs is 1. The number of carbonyl (C=O) groups is 3. The van der Waals surface area contributed by atoms with E-state index in [0.717, 1.165) is 38.4 Å². The van der Waals surface area contributed by atoms with Crippen LogP contribution in [-0.4, -0.2) is 52.9 Å². The number of rotatable bonds is 7. The van der Waals surface area contributed by atoms with Crippen molar-refractivity contribution >= 4 is 35.1 Å². The minimum atomic E-state index is -0.605. The highest BCUT2D eigenvalue weighted by molar-refractivity contribution is 7.80. The summed E-state index contributed by atoms with van der Waals surface area (Å²) < 4.78 is 0. The molecule has 2 heterocycles. The highest BCUT2D eigenvalue weighted by atomic mass is 32.1. The average molecular weight is 427 g/mol. The van der Waals surface area contributed by atoms with Gasteiger partial charge in [-0.2, -0.15) is 0 Å². The lowest BCUT2D eigenvalue weighted by Gasteiger charge is -2.27. The summed E-state index contributed by atoms with van der Waals surface area (Å²) in [4.78, 5) is 39.5. The molecule has 5 nitrogen and oxygen atoms in total. The number of hydrogen-bond acceptors (Lipinski definition) is 5. The first-order valence-electron chi connectivity index (χ1n) is 11.2. The van der Waals surface area contributed by atoms with Crippen molar-refractivity contribution in [3.63, 3.8) is 0 Å². The molecule has 30 heavy (non-hydrogen) atoms. The van der Waals surface area contributed by atoms with Gasteiger partial charge in [0, 0.05) is 24.4 Å². The smallest absolute Gasteiger partial charge is 0.241 e. The van der Waals surface area contributed by atoms with Crippen LogP contribution in [0.25, 0.3) is 0 Å². The number of aryl methyl sites for hydroxylation is 1. The van der Waals surface area contributed by atoms with Crippen molar-refractivity contribution < 1.29 is 14.4 Å². The molecule has 0 saturated carbocycles. The molecule has 0 radical (unpaired) electrons. The van der Waals surface area contributed by atoms with Crippen molar-refractivity contribution in [3.05, 3.63) is 35.4 Å². The fourth-order valence-electron chi connectivity index (χ4n) is 5.35. The van der Waals surface area contributed by atoms with E-state index in [2.05, 4.69) is 29.6 Å². The second kappa shape index (κ2) is 9.48. The number of likely N-dealkylation sites (tertiary alicyclic amines) is 1. The van der Waals surface area contributed by atoms with Crippen molar-refractivity contribution in [3.8, 4) is 0 Å². The maximum absolute atomic E-state index is 13.0. The Bertz CT molecular complexity index is 839. The molecular formula is C24H30N2O3S. The van der Waals surface area contributed by atoms with Crippen LogP contribution in [0.4, 0.5) is 0 Å². The molecule has 0 bridgehead atoms. The number of thiocarbonyl (C=S) groups is 1. The van der Waals surface area contributed by atoms with E-state index in [0.29, 0.717) is 36.7 Å². The van der Waals surface area contributed by atoms with Crippen LogP contribution < -0.4 is 5.32 Å². The number of amides is 1. The van der Waals surface area contributed by atoms with Crippen molar-refractivity contribution in [1.82, 2.24) is 10.2 Å². The van der Waals surface area contributed by atoms with E-state index in [4.69, 9.17) is 12.2 Å². The Labute approximate surface area is 183 Å².